The summed E-state index contributed by atoms with van der Waals surface area (Å²) in [7, 11) is 0. The smallest absolute Gasteiger partial charge is 0.227 e. The molecule has 6 nitrogen and oxygen atoms in total. The summed E-state index contributed by atoms with van der Waals surface area (Å²) < 4.78 is 12.5. The van der Waals surface area contributed by atoms with E-state index in [-0.39, 0.29) is 0 Å². The number of aromatic nitrogens is 4. The Hall–Kier alpha value is -6.40. The molecule has 0 atom stereocenters. The largest absolute Gasteiger partial charge is 0.456 e. The topological polar surface area (TPSA) is 77.8 Å². The van der Waals surface area contributed by atoms with Gasteiger partial charge in [-0.25, -0.2) is 19.9 Å². The molecule has 216 valence electrons. The minimum atomic E-state index is 0.564. The zero-order chi connectivity index (χ0) is 30.5. The summed E-state index contributed by atoms with van der Waals surface area (Å²) in [4.78, 5) is 19.8. The second kappa shape index (κ2) is 10.6. The fraction of sp³-hybridized carbons (Fsp3) is 0. The minimum absolute atomic E-state index is 0.564. The molecule has 9 aromatic rings. The number of nitrogens with zero attached hydrogens (tertiary/aromatic N) is 4. The normalized spacial score (nSPS) is 11.5. The van der Waals surface area contributed by atoms with Crippen molar-refractivity contribution < 1.29 is 8.83 Å². The average molecular weight is 593 g/mol. The third kappa shape index (κ3) is 4.52. The van der Waals surface area contributed by atoms with Gasteiger partial charge >= 0.3 is 0 Å². The third-order valence-corrected chi connectivity index (χ3v) is 8.18. The van der Waals surface area contributed by atoms with E-state index in [1.807, 2.05) is 109 Å². The van der Waals surface area contributed by atoms with Crippen molar-refractivity contribution in [3.8, 4) is 56.7 Å². The van der Waals surface area contributed by atoms with Crippen LogP contribution >= 0.6 is 0 Å². The Morgan fingerprint density at radius 2 is 0.935 bits per heavy atom. The van der Waals surface area contributed by atoms with Gasteiger partial charge < -0.3 is 8.83 Å². The van der Waals surface area contributed by atoms with Crippen molar-refractivity contribution in [2.75, 3.05) is 0 Å². The van der Waals surface area contributed by atoms with Gasteiger partial charge in [0.2, 0.25) is 5.89 Å². The van der Waals surface area contributed by atoms with Gasteiger partial charge in [-0.15, -0.1) is 0 Å². The first-order chi connectivity index (χ1) is 22.8. The molecule has 9 rings (SSSR count). The summed E-state index contributed by atoms with van der Waals surface area (Å²) in [6.07, 6.45) is 0. The second-order valence-corrected chi connectivity index (χ2v) is 11.1. The molecule has 3 aromatic heterocycles. The van der Waals surface area contributed by atoms with Crippen LogP contribution < -0.4 is 0 Å². The van der Waals surface area contributed by atoms with E-state index in [1.54, 1.807) is 0 Å². The number of benzene rings is 6. The van der Waals surface area contributed by atoms with Crippen LogP contribution in [0, 0.1) is 0 Å². The molecule has 6 aromatic carbocycles. The van der Waals surface area contributed by atoms with Crippen LogP contribution in [0.1, 0.15) is 0 Å². The molecule has 6 heteroatoms. The van der Waals surface area contributed by atoms with E-state index in [4.69, 9.17) is 28.8 Å². The van der Waals surface area contributed by atoms with Crippen molar-refractivity contribution in [1.29, 1.82) is 0 Å². The van der Waals surface area contributed by atoms with Crippen LogP contribution in [0.3, 0.4) is 0 Å². The number of rotatable bonds is 5. The Bertz CT molecular complexity index is 2500. The van der Waals surface area contributed by atoms with Gasteiger partial charge in [-0.1, -0.05) is 115 Å². The van der Waals surface area contributed by atoms with E-state index in [1.165, 1.54) is 0 Å². The number of fused-ring (bicyclic) bond motifs is 4. The summed E-state index contributed by atoms with van der Waals surface area (Å²) in [6, 6.07) is 48.5. The molecule has 0 spiro atoms. The number of oxazole rings is 1. The first-order valence-corrected chi connectivity index (χ1v) is 15.1. The molecule has 0 aliphatic heterocycles. The van der Waals surface area contributed by atoms with Gasteiger partial charge in [0.25, 0.3) is 0 Å². The highest BCUT2D eigenvalue weighted by molar-refractivity contribution is 6.14. The first-order valence-electron chi connectivity index (χ1n) is 15.1. The highest BCUT2D eigenvalue weighted by atomic mass is 16.4. The quantitative estimate of drug-likeness (QED) is 0.198. The van der Waals surface area contributed by atoms with E-state index in [0.29, 0.717) is 34.5 Å². The van der Waals surface area contributed by atoms with Gasteiger partial charge in [-0.3, -0.25) is 0 Å². The fourth-order valence-corrected chi connectivity index (χ4v) is 5.92. The maximum absolute atomic E-state index is 6.36. The van der Waals surface area contributed by atoms with Crippen LogP contribution in [0.4, 0.5) is 0 Å². The van der Waals surface area contributed by atoms with Crippen LogP contribution in [0.2, 0.25) is 0 Å². The highest BCUT2D eigenvalue weighted by Crippen LogP contribution is 2.39. The van der Waals surface area contributed by atoms with Gasteiger partial charge in [0.1, 0.15) is 16.7 Å². The monoisotopic (exact) mass is 592 g/mol. The molecule has 0 N–H and O–H groups in total. The number of hydrogen-bond donors (Lipinski definition) is 0. The molecule has 3 heterocycles. The summed E-state index contributed by atoms with van der Waals surface area (Å²) >= 11 is 0. The third-order valence-electron chi connectivity index (χ3n) is 8.18. The van der Waals surface area contributed by atoms with Crippen molar-refractivity contribution in [3.63, 3.8) is 0 Å². The first kappa shape index (κ1) is 26.0. The Kier molecular flexibility index (Phi) is 6.03. The molecule has 0 bridgehead atoms. The van der Waals surface area contributed by atoms with Crippen molar-refractivity contribution in [2.24, 2.45) is 0 Å². The lowest BCUT2D eigenvalue weighted by molar-refractivity contribution is 0.617. The van der Waals surface area contributed by atoms with E-state index in [2.05, 4.69) is 36.4 Å². The summed E-state index contributed by atoms with van der Waals surface area (Å²) in [5, 5.41) is 1.83. The molecule has 0 unspecified atom stereocenters. The van der Waals surface area contributed by atoms with E-state index in [9.17, 15) is 0 Å². The zero-order valence-corrected chi connectivity index (χ0v) is 24.5. The summed E-state index contributed by atoms with van der Waals surface area (Å²) in [6.45, 7) is 0. The van der Waals surface area contributed by atoms with Crippen molar-refractivity contribution in [3.05, 3.63) is 146 Å². The van der Waals surface area contributed by atoms with Crippen molar-refractivity contribution >= 4 is 33.0 Å². The second-order valence-electron chi connectivity index (χ2n) is 11.1. The maximum atomic E-state index is 6.36. The van der Waals surface area contributed by atoms with Gasteiger partial charge in [-0.2, -0.15) is 0 Å². The highest BCUT2D eigenvalue weighted by Gasteiger charge is 2.19. The summed E-state index contributed by atoms with van der Waals surface area (Å²) in [5.41, 5.74) is 8.74. The molecule has 0 aliphatic carbocycles. The van der Waals surface area contributed by atoms with E-state index < -0.39 is 0 Å². The van der Waals surface area contributed by atoms with Crippen LogP contribution in [-0.2, 0) is 0 Å². The number of furan rings is 1. The Morgan fingerprint density at radius 1 is 0.370 bits per heavy atom. The van der Waals surface area contributed by atoms with Gasteiger partial charge in [0, 0.05) is 39.1 Å². The molecule has 0 amide bonds. The average Bonchev–Trinajstić information content (AvgIpc) is 3.72. The predicted molar refractivity (Wildman–Crippen MR) is 182 cm³/mol. The molecule has 0 saturated heterocycles. The maximum Gasteiger partial charge on any atom is 0.227 e. The van der Waals surface area contributed by atoms with Crippen molar-refractivity contribution in [2.45, 2.75) is 0 Å². The Morgan fingerprint density at radius 3 is 1.63 bits per heavy atom. The van der Waals surface area contributed by atoms with Crippen molar-refractivity contribution in [1.82, 2.24) is 19.9 Å². The van der Waals surface area contributed by atoms with Crippen LogP contribution in [0.15, 0.2) is 154 Å². The SMILES string of the molecule is c1ccc(-c2ccc(-c3nc(-c4ccccc4)nc(-c4cccc5oc6cc7oc(-c8ccccc8)nc7cc6c45)n3)cc2)cc1. The lowest BCUT2D eigenvalue weighted by Crippen LogP contribution is -2.00. The van der Waals surface area contributed by atoms with Gasteiger partial charge in [0.05, 0.1) is 0 Å². The van der Waals surface area contributed by atoms with Crippen LogP contribution in [-0.4, -0.2) is 19.9 Å². The van der Waals surface area contributed by atoms with Crippen LogP contribution in [0.25, 0.3) is 89.8 Å². The van der Waals surface area contributed by atoms with E-state index in [0.717, 1.165) is 55.3 Å². The Labute approximate surface area is 263 Å². The molecule has 0 fully saturated rings. The fourth-order valence-electron chi connectivity index (χ4n) is 5.92. The van der Waals surface area contributed by atoms with Gasteiger partial charge in [0.15, 0.2) is 23.1 Å². The van der Waals surface area contributed by atoms with Gasteiger partial charge in [-0.05, 0) is 35.4 Å². The minimum Gasteiger partial charge on any atom is -0.456 e. The molecule has 46 heavy (non-hydrogen) atoms. The lowest BCUT2D eigenvalue weighted by Gasteiger charge is -2.10. The predicted octanol–water partition coefficient (Wildman–Crippen LogP) is 10.2. The van der Waals surface area contributed by atoms with E-state index >= 15 is 0 Å². The number of hydrogen-bond acceptors (Lipinski definition) is 6. The Balaban J connectivity index is 1.22. The molecule has 0 saturated carbocycles. The lowest BCUT2D eigenvalue weighted by atomic mass is 10.0. The molecular weight excluding hydrogens is 568 g/mol. The zero-order valence-electron chi connectivity index (χ0n) is 24.5. The molecular formula is C40H24N4O2. The summed E-state index contributed by atoms with van der Waals surface area (Å²) in [5.74, 6) is 2.33. The standard InChI is InChI=1S/C40H24N4O2/c1-4-11-25(12-5-1)26-19-21-28(22-20-26)38-42-37(27-13-6-2-7-14-27)43-39(44-38)30-17-10-18-33-36(30)31-23-32-35(24-34(31)45-33)46-40(41-32)29-15-8-3-9-16-29/h1-24H. The molecule has 0 aliphatic rings. The molecule has 0 radical (unpaired) electrons. The van der Waals surface area contributed by atoms with Crippen LogP contribution in [0.5, 0.6) is 0 Å².